The maximum atomic E-state index is 12.3. The molecule has 0 fully saturated rings. The van der Waals surface area contributed by atoms with E-state index in [4.69, 9.17) is 10.2 Å². The van der Waals surface area contributed by atoms with Crippen LogP contribution in [0.2, 0.25) is 0 Å². The average Bonchev–Trinajstić information content (AvgIpc) is 2.64. The van der Waals surface area contributed by atoms with Crippen molar-refractivity contribution in [2.75, 3.05) is 26.3 Å². The second kappa shape index (κ2) is 15.3. The van der Waals surface area contributed by atoms with Crippen molar-refractivity contribution in [1.82, 2.24) is 4.90 Å². The van der Waals surface area contributed by atoms with Gasteiger partial charge in [-0.2, -0.15) is 0 Å². The minimum atomic E-state index is -1.73. The number of unbranched alkanes of at least 4 members (excludes halogenated alkanes) is 6. The molecule has 6 N–H and O–H groups in total. The number of carbonyl (C=O) groups is 1. The summed E-state index contributed by atoms with van der Waals surface area (Å²) < 4.78 is 0. The smallest absolute Gasteiger partial charge is 0.222 e. The van der Waals surface area contributed by atoms with E-state index in [9.17, 15) is 25.2 Å². The van der Waals surface area contributed by atoms with Gasteiger partial charge < -0.3 is 35.5 Å². The van der Waals surface area contributed by atoms with Crippen LogP contribution >= 0.6 is 0 Å². The van der Waals surface area contributed by atoms with Crippen molar-refractivity contribution in [3.8, 4) is 0 Å². The molecule has 0 spiro atoms. The second-order valence-corrected chi connectivity index (χ2v) is 6.73. The lowest BCUT2D eigenvalue weighted by Crippen LogP contribution is -2.51. The van der Waals surface area contributed by atoms with Crippen LogP contribution in [-0.2, 0) is 4.79 Å². The summed E-state index contributed by atoms with van der Waals surface area (Å²) in [6, 6.07) is 0. The molecule has 0 aromatic rings. The maximum Gasteiger partial charge on any atom is 0.222 e. The van der Waals surface area contributed by atoms with Gasteiger partial charge in [0.15, 0.2) is 0 Å². The first-order chi connectivity index (χ1) is 12.4. The van der Waals surface area contributed by atoms with Crippen molar-refractivity contribution in [2.24, 2.45) is 0 Å². The number of aliphatic hydroxyl groups is 6. The van der Waals surface area contributed by atoms with Crippen molar-refractivity contribution in [2.45, 2.75) is 82.7 Å². The number of hydrogen-bond donors (Lipinski definition) is 6. The Labute approximate surface area is 156 Å². The van der Waals surface area contributed by atoms with Crippen LogP contribution in [0, 0.1) is 0 Å². The Hall–Kier alpha value is -0.770. The van der Waals surface area contributed by atoms with E-state index < -0.39 is 31.0 Å². The van der Waals surface area contributed by atoms with E-state index in [2.05, 4.69) is 6.92 Å². The lowest BCUT2D eigenvalue weighted by Gasteiger charge is -2.30. The molecule has 0 aliphatic heterocycles. The summed E-state index contributed by atoms with van der Waals surface area (Å²) in [6.45, 7) is 0.850. The van der Waals surface area contributed by atoms with Crippen LogP contribution in [0.5, 0.6) is 0 Å². The van der Waals surface area contributed by atoms with Crippen molar-refractivity contribution in [1.29, 1.82) is 0 Å². The zero-order chi connectivity index (χ0) is 19.9. The van der Waals surface area contributed by atoms with Crippen LogP contribution < -0.4 is 0 Å². The zero-order valence-electron chi connectivity index (χ0n) is 15.8. The summed E-state index contributed by atoms with van der Waals surface area (Å²) in [4.78, 5) is 13.5. The monoisotopic (exact) mass is 379 g/mol. The van der Waals surface area contributed by atoms with Crippen molar-refractivity contribution in [3.05, 3.63) is 0 Å². The molecule has 0 saturated heterocycles. The van der Waals surface area contributed by atoms with E-state index in [1.165, 1.54) is 24.2 Å². The number of carbonyl (C=O) groups excluding carboxylic acids is 1. The number of hydrogen-bond acceptors (Lipinski definition) is 7. The first-order valence-electron chi connectivity index (χ1n) is 9.60. The Morgan fingerprint density at radius 3 is 1.92 bits per heavy atom. The van der Waals surface area contributed by atoms with Gasteiger partial charge in [0.1, 0.15) is 24.4 Å². The summed E-state index contributed by atoms with van der Waals surface area (Å²) >= 11 is 0. The van der Waals surface area contributed by atoms with Crippen LogP contribution in [-0.4, -0.2) is 92.2 Å². The van der Waals surface area contributed by atoms with Gasteiger partial charge in [0, 0.05) is 19.5 Å². The number of rotatable bonds is 16. The van der Waals surface area contributed by atoms with Gasteiger partial charge in [0.05, 0.1) is 13.2 Å². The summed E-state index contributed by atoms with van der Waals surface area (Å²) in [5.41, 5.74) is 0. The fourth-order valence-electron chi connectivity index (χ4n) is 2.73. The minimum absolute atomic E-state index is 0.0117. The van der Waals surface area contributed by atoms with E-state index in [0.717, 1.165) is 25.7 Å². The molecule has 0 radical (unpaired) electrons. The molecule has 156 valence electrons. The van der Waals surface area contributed by atoms with Gasteiger partial charge >= 0.3 is 0 Å². The first kappa shape index (κ1) is 25.2. The highest BCUT2D eigenvalue weighted by Gasteiger charge is 2.31. The Morgan fingerprint density at radius 1 is 0.846 bits per heavy atom. The van der Waals surface area contributed by atoms with Crippen LogP contribution in [0.4, 0.5) is 0 Å². The Kier molecular flexibility index (Phi) is 14.9. The fraction of sp³-hybridized carbons (Fsp3) is 0.944. The zero-order valence-corrected chi connectivity index (χ0v) is 15.8. The average molecular weight is 379 g/mol. The normalized spacial score (nSPS) is 16.1. The molecule has 0 bridgehead atoms. The van der Waals surface area contributed by atoms with Gasteiger partial charge in [-0.15, -0.1) is 0 Å². The van der Waals surface area contributed by atoms with Crippen molar-refractivity contribution < 1.29 is 35.4 Å². The van der Waals surface area contributed by atoms with Gasteiger partial charge in [-0.25, -0.2) is 0 Å². The summed E-state index contributed by atoms with van der Waals surface area (Å²) in [7, 11) is 0. The predicted octanol–water partition coefficient (Wildman–Crippen LogP) is -0.616. The molecule has 8 heteroatoms. The quantitative estimate of drug-likeness (QED) is 0.196. The highest BCUT2D eigenvalue weighted by molar-refractivity contribution is 5.76. The molecule has 0 aliphatic carbocycles. The molecular weight excluding hydrogens is 342 g/mol. The Balaban J connectivity index is 4.33. The third kappa shape index (κ3) is 10.4. The van der Waals surface area contributed by atoms with E-state index in [1.807, 2.05) is 0 Å². The van der Waals surface area contributed by atoms with E-state index in [0.29, 0.717) is 6.42 Å². The number of aliphatic hydroxyl groups excluding tert-OH is 6. The van der Waals surface area contributed by atoms with Gasteiger partial charge in [-0.1, -0.05) is 45.4 Å². The third-order valence-corrected chi connectivity index (χ3v) is 4.45. The molecular formula is C18H37NO7. The summed E-state index contributed by atoms with van der Waals surface area (Å²) in [6.07, 6.45) is 1.24. The lowest BCUT2D eigenvalue weighted by atomic mass is 10.0. The molecule has 26 heavy (non-hydrogen) atoms. The number of amides is 1. The van der Waals surface area contributed by atoms with Crippen LogP contribution in [0.3, 0.4) is 0 Å². The van der Waals surface area contributed by atoms with E-state index >= 15 is 0 Å². The van der Waals surface area contributed by atoms with Crippen molar-refractivity contribution >= 4 is 5.91 Å². The predicted molar refractivity (Wildman–Crippen MR) is 97.4 cm³/mol. The molecule has 0 rings (SSSR count). The topological polar surface area (TPSA) is 142 Å². The molecule has 0 saturated carbocycles. The van der Waals surface area contributed by atoms with Crippen LogP contribution in [0.15, 0.2) is 0 Å². The largest absolute Gasteiger partial charge is 0.395 e. The molecule has 0 unspecified atom stereocenters. The summed E-state index contributed by atoms with van der Waals surface area (Å²) in [5, 5.41) is 56.7. The Morgan fingerprint density at radius 2 is 1.38 bits per heavy atom. The lowest BCUT2D eigenvalue weighted by molar-refractivity contribution is -0.140. The second-order valence-electron chi connectivity index (χ2n) is 6.73. The fourth-order valence-corrected chi connectivity index (χ4v) is 2.73. The minimum Gasteiger partial charge on any atom is -0.395 e. The van der Waals surface area contributed by atoms with Gasteiger partial charge in [-0.3, -0.25) is 4.79 Å². The van der Waals surface area contributed by atoms with Gasteiger partial charge in [-0.05, 0) is 6.42 Å². The molecule has 0 aromatic heterocycles. The standard InChI is InChI=1S/C18H37NO7/c1-2-3-4-5-6-7-8-9-16(24)19(10-11-20)12-14(22)17(25)18(26)15(23)13-21/h14-15,17-18,20-23,25-26H,2-13H2,1H3/t14-,15+,17+,18+/m0/s1. The van der Waals surface area contributed by atoms with Gasteiger partial charge in [0.25, 0.3) is 0 Å². The molecule has 0 aliphatic rings. The molecule has 0 heterocycles. The highest BCUT2D eigenvalue weighted by atomic mass is 16.4. The van der Waals surface area contributed by atoms with Crippen LogP contribution in [0.25, 0.3) is 0 Å². The van der Waals surface area contributed by atoms with Gasteiger partial charge in [0.2, 0.25) is 5.91 Å². The SMILES string of the molecule is CCCCCCCCCC(=O)N(CCO)C[C@H](O)[C@@H](O)[C@H](O)[C@H](O)CO. The number of nitrogens with zero attached hydrogens (tertiary/aromatic N) is 1. The van der Waals surface area contributed by atoms with Crippen molar-refractivity contribution in [3.63, 3.8) is 0 Å². The van der Waals surface area contributed by atoms with E-state index in [1.54, 1.807) is 0 Å². The molecule has 4 atom stereocenters. The van der Waals surface area contributed by atoms with E-state index in [-0.39, 0.29) is 25.6 Å². The molecule has 0 aromatic carbocycles. The summed E-state index contributed by atoms with van der Waals surface area (Å²) in [5.74, 6) is -0.240. The molecule has 1 amide bonds. The highest BCUT2D eigenvalue weighted by Crippen LogP contribution is 2.11. The Bertz CT molecular complexity index is 356. The molecule has 8 nitrogen and oxygen atoms in total. The first-order valence-corrected chi connectivity index (χ1v) is 9.60. The van der Waals surface area contributed by atoms with Crippen LogP contribution in [0.1, 0.15) is 58.3 Å². The third-order valence-electron chi connectivity index (χ3n) is 4.45. The maximum absolute atomic E-state index is 12.3.